The molecule has 1 aromatic heterocycles. The van der Waals surface area contributed by atoms with Gasteiger partial charge in [-0.1, -0.05) is 20.8 Å². The van der Waals surface area contributed by atoms with Crippen LogP contribution in [0.25, 0.3) is 0 Å². The van der Waals surface area contributed by atoms with E-state index < -0.39 is 17.2 Å². The van der Waals surface area contributed by atoms with Crippen LogP contribution in [0.3, 0.4) is 0 Å². The zero-order valence-corrected chi connectivity index (χ0v) is 8.53. The van der Waals surface area contributed by atoms with E-state index in [4.69, 9.17) is 0 Å². The Morgan fingerprint density at radius 3 is 2.00 bits per heavy atom. The highest BCUT2D eigenvalue weighted by molar-refractivity contribution is 5.25. The molecule has 0 unspecified atom stereocenters. The van der Waals surface area contributed by atoms with Crippen LogP contribution in [0.5, 0.6) is 0 Å². The lowest BCUT2D eigenvalue weighted by molar-refractivity contribution is -0.139. The summed E-state index contributed by atoms with van der Waals surface area (Å²) in [7, 11) is 1.44. The van der Waals surface area contributed by atoms with E-state index in [1.165, 1.54) is 7.05 Å². The summed E-state index contributed by atoms with van der Waals surface area (Å²) in [6, 6.07) is 0. The molecule has 0 aromatic carbocycles. The number of halogens is 3. The van der Waals surface area contributed by atoms with E-state index in [1.807, 2.05) is 0 Å². The first kappa shape index (κ1) is 11.1. The first-order valence-corrected chi connectivity index (χ1v) is 4.16. The molecule has 0 spiro atoms. The van der Waals surface area contributed by atoms with Gasteiger partial charge < -0.3 is 0 Å². The molecular weight excluding hydrogens is 193 g/mol. The van der Waals surface area contributed by atoms with Crippen LogP contribution in [0, 0.1) is 6.20 Å². The monoisotopic (exact) mass is 205 g/mol. The maximum Gasteiger partial charge on any atom is 0.420 e. The fraction of sp³-hybridized carbons (Fsp3) is 0.667. The highest BCUT2D eigenvalue weighted by Crippen LogP contribution is 2.35. The van der Waals surface area contributed by atoms with Crippen molar-refractivity contribution >= 4 is 0 Å². The quantitative estimate of drug-likeness (QED) is 0.636. The molecule has 5 heteroatoms. The molecule has 0 fully saturated rings. The lowest BCUT2D eigenvalue weighted by Gasteiger charge is -2.18. The van der Waals surface area contributed by atoms with Crippen LogP contribution < -0.4 is 0 Å². The molecule has 1 heterocycles. The molecule has 1 rings (SSSR count). The van der Waals surface area contributed by atoms with Crippen molar-refractivity contribution in [2.45, 2.75) is 32.4 Å². The molecule has 1 radical (unpaired) electrons. The van der Waals surface area contributed by atoms with Gasteiger partial charge in [-0.05, 0) is 0 Å². The molecule has 0 aliphatic carbocycles. The van der Waals surface area contributed by atoms with Crippen LogP contribution in [0.4, 0.5) is 13.2 Å². The normalized spacial score (nSPS) is 13.4. The van der Waals surface area contributed by atoms with Crippen molar-refractivity contribution < 1.29 is 13.2 Å². The number of alkyl halides is 3. The Labute approximate surface area is 80.7 Å². The third-order valence-corrected chi connectivity index (χ3v) is 1.75. The van der Waals surface area contributed by atoms with Crippen LogP contribution in [0.1, 0.15) is 32.0 Å². The minimum Gasteiger partial charge on any atom is -0.265 e. The Bertz CT molecular complexity index is 299. The fourth-order valence-corrected chi connectivity index (χ4v) is 1.16. The smallest absolute Gasteiger partial charge is 0.265 e. The number of rotatable bonds is 0. The van der Waals surface area contributed by atoms with Crippen LogP contribution >= 0.6 is 0 Å². The zero-order chi connectivity index (χ0) is 11.1. The van der Waals surface area contributed by atoms with Crippen LogP contribution in [-0.2, 0) is 18.6 Å². The molecule has 0 aliphatic rings. The summed E-state index contributed by atoms with van der Waals surface area (Å²) in [6.07, 6.45) is -2.21. The molecular formula is C9H12F3N2. The topological polar surface area (TPSA) is 17.8 Å². The van der Waals surface area contributed by atoms with E-state index in [-0.39, 0.29) is 5.69 Å². The summed E-state index contributed by atoms with van der Waals surface area (Å²) >= 11 is 0. The minimum absolute atomic E-state index is 0.0347. The van der Waals surface area contributed by atoms with Crippen molar-refractivity contribution in [3.63, 3.8) is 0 Å². The maximum absolute atomic E-state index is 12.5. The largest absolute Gasteiger partial charge is 0.420 e. The van der Waals surface area contributed by atoms with E-state index in [9.17, 15) is 13.2 Å². The third-order valence-electron chi connectivity index (χ3n) is 1.75. The lowest BCUT2D eigenvalue weighted by Crippen LogP contribution is -2.18. The highest BCUT2D eigenvalue weighted by Gasteiger charge is 2.39. The van der Waals surface area contributed by atoms with Gasteiger partial charge in [0.15, 0.2) is 0 Å². The molecule has 0 amide bonds. The summed E-state index contributed by atoms with van der Waals surface area (Å²) in [6.45, 7) is 5.08. The van der Waals surface area contributed by atoms with Gasteiger partial charge >= 0.3 is 6.18 Å². The van der Waals surface area contributed by atoms with Gasteiger partial charge in [0.2, 0.25) is 0 Å². The van der Waals surface area contributed by atoms with Crippen molar-refractivity contribution in [2.75, 3.05) is 0 Å². The van der Waals surface area contributed by atoms with Gasteiger partial charge in [-0.15, -0.1) is 0 Å². The fourth-order valence-electron chi connectivity index (χ4n) is 1.16. The Morgan fingerprint density at radius 1 is 1.21 bits per heavy atom. The standard InChI is InChI=1S/C9H12F3N2/c1-8(2,3)7-6(9(10,11)12)5-14(4)13-7/h1-4H3. The van der Waals surface area contributed by atoms with Crippen molar-refractivity contribution in [1.29, 1.82) is 0 Å². The van der Waals surface area contributed by atoms with Crippen molar-refractivity contribution in [2.24, 2.45) is 7.05 Å². The van der Waals surface area contributed by atoms with E-state index >= 15 is 0 Å². The zero-order valence-electron chi connectivity index (χ0n) is 8.53. The van der Waals surface area contributed by atoms with Gasteiger partial charge in [-0.3, -0.25) is 4.68 Å². The minimum atomic E-state index is -4.38. The second-order valence-electron chi connectivity index (χ2n) is 4.21. The number of nitrogens with zero attached hydrogens (tertiary/aromatic N) is 2. The van der Waals surface area contributed by atoms with Gasteiger partial charge in [0.25, 0.3) is 0 Å². The van der Waals surface area contributed by atoms with E-state index in [2.05, 4.69) is 11.3 Å². The first-order valence-electron chi connectivity index (χ1n) is 4.16. The third kappa shape index (κ3) is 2.08. The summed E-state index contributed by atoms with van der Waals surface area (Å²) in [5.74, 6) is 0. The molecule has 0 N–H and O–H groups in total. The molecule has 0 saturated carbocycles. The average Bonchev–Trinajstić information content (AvgIpc) is 2.27. The highest BCUT2D eigenvalue weighted by atomic mass is 19.4. The number of aryl methyl sites for hydroxylation is 1. The van der Waals surface area contributed by atoms with Gasteiger partial charge in [-0.25, -0.2) is 0 Å². The van der Waals surface area contributed by atoms with E-state index in [1.54, 1.807) is 20.8 Å². The van der Waals surface area contributed by atoms with Gasteiger partial charge in [0.05, 0.1) is 11.9 Å². The SMILES string of the molecule is Cn1[c]c(C(F)(F)F)c(C(C)(C)C)n1. The Kier molecular flexibility index (Phi) is 2.37. The Morgan fingerprint density at radius 2 is 1.71 bits per heavy atom. The van der Waals surface area contributed by atoms with Crippen molar-refractivity contribution in [3.05, 3.63) is 17.5 Å². The molecule has 0 saturated heterocycles. The number of hydrogen-bond donors (Lipinski definition) is 0. The molecule has 1 aromatic rings. The van der Waals surface area contributed by atoms with E-state index in [0.717, 1.165) is 4.68 Å². The van der Waals surface area contributed by atoms with Crippen LogP contribution in [0.15, 0.2) is 0 Å². The van der Waals surface area contributed by atoms with E-state index in [0.29, 0.717) is 0 Å². The molecule has 0 aliphatic heterocycles. The van der Waals surface area contributed by atoms with Crippen LogP contribution in [-0.4, -0.2) is 9.78 Å². The second-order valence-corrected chi connectivity index (χ2v) is 4.21. The molecule has 79 valence electrons. The predicted octanol–water partition coefficient (Wildman–Crippen LogP) is 2.54. The van der Waals surface area contributed by atoms with Crippen molar-refractivity contribution in [1.82, 2.24) is 9.78 Å². The summed E-state index contributed by atoms with van der Waals surface area (Å²) in [5, 5.41) is 3.79. The summed E-state index contributed by atoms with van der Waals surface area (Å²) < 4.78 is 38.6. The maximum atomic E-state index is 12.5. The number of hydrogen-bond acceptors (Lipinski definition) is 1. The van der Waals surface area contributed by atoms with Crippen molar-refractivity contribution in [3.8, 4) is 0 Å². The molecule has 14 heavy (non-hydrogen) atoms. The van der Waals surface area contributed by atoms with Gasteiger partial charge in [0, 0.05) is 12.5 Å². The Balaban J connectivity index is 3.31. The lowest BCUT2D eigenvalue weighted by atomic mass is 9.89. The molecule has 0 atom stereocenters. The van der Waals surface area contributed by atoms with Gasteiger partial charge in [-0.2, -0.15) is 18.3 Å². The summed E-state index contributed by atoms with van der Waals surface area (Å²) in [5.41, 5.74) is -1.36. The first-order chi connectivity index (χ1) is 6.12. The van der Waals surface area contributed by atoms with Gasteiger partial charge in [0.1, 0.15) is 5.56 Å². The Hall–Kier alpha value is -1.00. The summed E-state index contributed by atoms with van der Waals surface area (Å²) in [4.78, 5) is 0. The number of aromatic nitrogens is 2. The average molecular weight is 205 g/mol. The molecule has 2 nitrogen and oxygen atoms in total. The second kappa shape index (κ2) is 3.00. The van der Waals surface area contributed by atoms with Crippen LogP contribution in [0.2, 0.25) is 0 Å². The predicted molar refractivity (Wildman–Crippen MR) is 45.7 cm³/mol. The molecule has 0 bridgehead atoms.